The van der Waals surface area contributed by atoms with Gasteiger partial charge in [-0.15, -0.1) is 0 Å². The van der Waals surface area contributed by atoms with Gasteiger partial charge in [-0.05, 0) is 31.9 Å². The normalized spacial score (nSPS) is 15.7. The fourth-order valence-electron chi connectivity index (χ4n) is 3.23. The van der Waals surface area contributed by atoms with Crippen LogP contribution in [0.15, 0.2) is 29.4 Å². The van der Waals surface area contributed by atoms with E-state index in [0.717, 1.165) is 31.7 Å². The largest absolute Gasteiger partial charge is 0.497 e. The van der Waals surface area contributed by atoms with Gasteiger partial charge in [0.05, 0.1) is 18.4 Å². The molecule has 29 heavy (non-hydrogen) atoms. The molecular formula is C19H25FN4O4S. The second-order valence-corrected chi connectivity index (χ2v) is 8.68. The van der Waals surface area contributed by atoms with E-state index in [1.807, 2.05) is 0 Å². The monoisotopic (exact) mass is 424 g/mol. The lowest BCUT2D eigenvalue weighted by molar-refractivity contribution is 0.102. The lowest BCUT2D eigenvalue weighted by Crippen LogP contribution is -2.33. The van der Waals surface area contributed by atoms with Crippen LogP contribution in [0.5, 0.6) is 5.75 Å². The number of aryl methyl sites for hydroxylation is 1. The number of nitrogens with one attached hydrogen (secondary N) is 1. The van der Waals surface area contributed by atoms with E-state index in [9.17, 15) is 17.6 Å². The van der Waals surface area contributed by atoms with Crippen molar-refractivity contribution in [3.8, 4) is 5.75 Å². The summed E-state index contributed by atoms with van der Waals surface area (Å²) in [4.78, 5) is 12.8. The molecule has 1 aromatic heterocycles. The zero-order valence-electron chi connectivity index (χ0n) is 16.5. The summed E-state index contributed by atoms with van der Waals surface area (Å²) in [6.07, 6.45) is 4.86. The van der Waals surface area contributed by atoms with Crippen LogP contribution in [0.4, 0.5) is 10.1 Å². The highest BCUT2D eigenvalue weighted by molar-refractivity contribution is 7.89. The fourth-order valence-corrected chi connectivity index (χ4v) is 4.84. The van der Waals surface area contributed by atoms with Crippen LogP contribution < -0.4 is 10.1 Å². The molecule has 1 aromatic carbocycles. The number of nitrogens with zero attached hydrogens (tertiary/aromatic N) is 3. The number of hydrogen-bond acceptors (Lipinski definition) is 5. The molecule has 10 heteroatoms. The minimum Gasteiger partial charge on any atom is -0.497 e. The zero-order chi connectivity index (χ0) is 21.0. The number of benzene rings is 1. The van der Waals surface area contributed by atoms with Crippen molar-refractivity contribution in [3.05, 3.63) is 35.8 Å². The maximum absolute atomic E-state index is 14.2. The van der Waals surface area contributed by atoms with Gasteiger partial charge in [-0.2, -0.15) is 9.40 Å². The van der Waals surface area contributed by atoms with Crippen LogP contribution in [-0.4, -0.2) is 48.6 Å². The van der Waals surface area contributed by atoms with Crippen molar-refractivity contribution in [3.63, 3.8) is 0 Å². The van der Waals surface area contributed by atoms with E-state index in [1.165, 1.54) is 34.4 Å². The molecule has 2 aromatic rings. The van der Waals surface area contributed by atoms with E-state index in [-0.39, 0.29) is 16.3 Å². The Kier molecular flexibility index (Phi) is 6.53. The average molecular weight is 424 g/mol. The number of amides is 1. The lowest BCUT2D eigenvalue weighted by atomic mass is 10.2. The number of carbonyl (C=O) groups is 1. The Balaban J connectivity index is 1.93. The molecule has 1 amide bonds. The summed E-state index contributed by atoms with van der Waals surface area (Å²) < 4.78 is 48.3. The predicted molar refractivity (Wildman–Crippen MR) is 106 cm³/mol. The molecule has 0 spiro atoms. The molecule has 0 atom stereocenters. The highest BCUT2D eigenvalue weighted by Crippen LogP contribution is 2.25. The number of methoxy groups -OCH3 is 1. The van der Waals surface area contributed by atoms with Gasteiger partial charge in [-0.3, -0.25) is 9.48 Å². The minimum atomic E-state index is -3.94. The molecule has 1 aliphatic rings. The first-order valence-electron chi connectivity index (χ1n) is 9.59. The second-order valence-electron chi connectivity index (χ2n) is 6.82. The molecule has 2 heterocycles. The van der Waals surface area contributed by atoms with Gasteiger partial charge >= 0.3 is 0 Å². The van der Waals surface area contributed by atoms with Gasteiger partial charge in [-0.1, -0.05) is 12.8 Å². The summed E-state index contributed by atoms with van der Waals surface area (Å²) in [5.74, 6) is -1.11. The van der Waals surface area contributed by atoms with Crippen molar-refractivity contribution in [1.82, 2.24) is 14.1 Å². The molecule has 0 aliphatic carbocycles. The summed E-state index contributed by atoms with van der Waals surface area (Å²) in [5, 5.41) is 6.27. The number of anilines is 1. The lowest BCUT2D eigenvalue weighted by Gasteiger charge is -2.19. The van der Waals surface area contributed by atoms with E-state index < -0.39 is 21.7 Å². The first-order chi connectivity index (χ1) is 13.9. The smallest absolute Gasteiger partial charge is 0.263 e. The van der Waals surface area contributed by atoms with Gasteiger partial charge in [0, 0.05) is 31.9 Å². The molecule has 1 N–H and O–H groups in total. The number of carbonyl (C=O) groups excluding carboxylic acids is 1. The molecule has 8 nitrogen and oxygen atoms in total. The number of ether oxygens (including phenoxy) is 1. The van der Waals surface area contributed by atoms with Gasteiger partial charge in [0.15, 0.2) is 0 Å². The van der Waals surface area contributed by atoms with E-state index in [1.54, 1.807) is 6.92 Å². The van der Waals surface area contributed by atoms with Crippen molar-refractivity contribution in [2.24, 2.45) is 0 Å². The summed E-state index contributed by atoms with van der Waals surface area (Å²) >= 11 is 0. The van der Waals surface area contributed by atoms with Crippen molar-refractivity contribution >= 4 is 21.6 Å². The molecule has 0 radical (unpaired) electrons. The van der Waals surface area contributed by atoms with Crippen LogP contribution in [0, 0.1) is 5.82 Å². The summed E-state index contributed by atoms with van der Waals surface area (Å²) in [7, 11) is -2.53. The van der Waals surface area contributed by atoms with Gasteiger partial charge in [0.1, 0.15) is 11.6 Å². The molecule has 0 unspecified atom stereocenters. The highest BCUT2D eigenvalue weighted by atomic mass is 32.2. The maximum Gasteiger partial charge on any atom is 0.263 e. The standard InChI is InChI=1S/C19H25FN4O4S/c1-3-23-13-15(18(25)21-17-9-8-14(28-2)12-16(17)20)19(22-23)29(26,27)24-10-6-4-5-7-11-24/h8-9,12-13H,3-7,10-11H2,1-2H3,(H,21,25). The van der Waals surface area contributed by atoms with Crippen molar-refractivity contribution < 1.29 is 22.3 Å². The highest BCUT2D eigenvalue weighted by Gasteiger charge is 2.33. The first kappa shape index (κ1) is 21.3. The van der Waals surface area contributed by atoms with E-state index in [4.69, 9.17) is 4.74 Å². The third-order valence-corrected chi connectivity index (χ3v) is 6.71. The number of aromatic nitrogens is 2. The van der Waals surface area contributed by atoms with Crippen LogP contribution in [0.25, 0.3) is 0 Å². The summed E-state index contributed by atoms with van der Waals surface area (Å²) in [6.45, 7) is 2.98. The summed E-state index contributed by atoms with van der Waals surface area (Å²) in [5.41, 5.74) is -0.176. The van der Waals surface area contributed by atoms with E-state index >= 15 is 0 Å². The van der Waals surface area contributed by atoms with Crippen LogP contribution >= 0.6 is 0 Å². The Morgan fingerprint density at radius 2 is 1.93 bits per heavy atom. The Morgan fingerprint density at radius 3 is 2.52 bits per heavy atom. The van der Waals surface area contributed by atoms with Crippen molar-refractivity contribution in [2.45, 2.75) is 44.2 Å². The topological polar surface area (TPSA) is 93.5 Å². The Bertz CT molecular complexity index is 982. The molecule has 3 rings (SSSR count). The maximum atomic E-state index is 14.2. The molecule has 1 fully saturated rings. The van der Waals surface area contributed by atoms with E-state index in [2.05, 4.69) is 10.4 Å². The quantitative estimate of drug-likeness (QED) is 0.770. The second kappa shape index (κ2) is 8.91. The third-order valence-electron chi connectivity index (χ3n) is 4.87. The van der Waals surface area contributed by atoms with Crippen LogP contribution in [0.2, 0.25) is 0 Å². The molecule has 158 valence electrons. The third kappa shape index (κ3) is 4.59. The molecular weight excluding hydrogens is 399 g/mol. The molecule has 0 bridgehead atoms. The fraction of sp³-hybridized carbons (Fsp3) is 0.474. The van der Waals surface area contributed by atoms with Crippen molar-refractivity contribution in [2.75, 3.05) is 25.5 Å². The average Bonchev–Trinajstić information content (AvgIpc) is 2.97. The zero-order valence-corrected chi connectivity index (χ0v) is 17.3. The first-order valence-corrected chi connectivity index (χ1v) is 11.0. The number of hydrogen-bond donors (Lipinski definition) is 1. The van der Waals surface area contributed by atoms with Crippen molar-refractivity contribution in [1.29, 1.82) is 0 Å². The number of rotatable bonds is 6. The Labute approximate surface area is 169 Å². The van der Waals surface area contributed by atoms with Gasteiger partial charge in [-0.25, -0.2) is 12.8 Å². The SMILES string of the molecule is CCn1cc(C(=O)Nc2ccc(OC)cc2F)c(S(=O)(=O)N2CCCCCC2)n1. The predicted octanol–water partition coefficient (Wildman–Crippen LogP) is 2.87. The number of sulfonamides is 1. The minimum absolute atomic E-state index is 0.0711. The molecule has 1 saturated heterocycles. The summed E-state index contributed by atoms with van der Waals surface area (Å²) in [6, 6.07) is 4.00. The Morgan fingerprint density at radius 1 is 1.24 bits per heavy atom. The van der Waals surface area contributed by atoms with E-state index in [0.29, 0.717) is 25.4 Å². The number of halogens is 1. The van der Waals surface area contributed by atoms with Gasteiger partial charge < -0.3 is 10.1 Å². The van der Waals surface area contributed by atoms with Crippen LogP contribution in [0.1, 0.15) is 43.0 Å². The van der Waals surface area contributed by atoms with Gasteiger partial charge in [0.2, 0.25) is 5.03 Å². The molecule has 1 aliphatic heterocycles. The Hall–Kier alpha value is -2.46. The van der Waals surface area contributed by atoms with Crippen LogP contribution in [0.3, 0.4) is 0 Å². The molecule has 0 saturated carbocycles. The van der Waals surface area contributed by atoms with Gasteiger partial charge in [0.25, 0.3) is 15.9 Å². The van der Waals surface area contributed by atoms with Crippen LogP contribution in [-0.2, 0) is 16.6 Å².